The summed E-state index contributed by atoms with van der Waals surface area (Å²) < 4.78 is 62.4. The number of nitrogen functional groups attached to an aromatic ring is 1. The molecule has 1 fully saturated rings. The maximum Gasteiger partial charge on any atom is 0.481 e. The van der Waals surface area contributed by atoms with Crippen LogP contribution in [0.2, 0.25) is 0 Å². The third kappa shape index (κ3) is 21.9. The second kappa shape index (κ2) is 29.1. The molecule has 3 rings (SSSR count). The Kier molecular flexibility index (Phi) is 25.6. The Morgan fingerprint density at radius 3 is 2.10 bits per heavy atom. The normalized spacial score (nSPS) is 20.4. The second-order valence-corrected chi connectivity index (χ2v) is 22.6. The molecule has 0 bridgehead atoms. The van der Waals surface area contributed by atoms with E-state index in [0.717, 1.165) is 48.2 Å². The summed E-state index contributed by atoms with van der Waals surface area (Å²) in [7, 11) is -16.4. The number of aliphatic hydroxyl groups is 3. The number of amides is 2. The van der Waals surface area contributed by atoms with Gasteiger partial charge in [-0.1, -0.05) is 116 Å². The van der Waals surface area contributed by atoms with Crippen LogP contribution in [0, 0.1) is 5.41 Å². The van der Waals surface area contributed by atoms with Gasteiger partial charge in [-0.05, 0) is 6.42 Å². The van der Waals surface area contributed by atoms with Crippen molar-refractivity contribution in [1.29, 1.82) is 0 Å². The average molecular weight is 1050 g/mol. The van der Waals surface area contributed by atoms with E-state index in [4.69, 9.17) is 19.5 Å². The van der Waals surface area contributed by atoms with E-state index in [1.807, 2.05) is 0 Å². The minimum atomic E-state index is -5.59. The second-order valence-electron chi connectivity index (χ2n) is 17.2. The molecule has 25 nitrogen and oxygen atoms in total. The standard InChI is InChI=1S/C39H70N7O18P3S/c1-4-5-6-7-8-9-10-11-12-13-14-15-16-17-27(47)22-30(49)68-21-20-41-29(48)18-19-42-37(52)34(51)39(2,3)24-61-67(58,59)64-66(56,57)60-23-28-33(63-65(53,54)55)32(50)38(62-28)46-26-45-31-35(40)43-25-44-36(31)46/h25-28,32-34,38,47,50-51H,4-24H2,1-3H3,(H,41,48)(H,42,52)(H,56,57)(H,58,59)(H2,40,43,44)(H2,53,54,55)/t27?,28-,32?,33+,34+,38-/m1/s1. The maximum absolute atomic E-state index is 12.7. The van der Waals surface area contributed by atoms with Gasteiger partial charge in [-0.15, -0.1) is 0 Å². The van der Waals surface area contributed by atoms with Crippen molar-refractivity contribution in [2.24, 2.45) is 5.41 Å². The van der Waals surface area contributed by atoms with Crippen LogP contribution in [0.5, 0.6) is 0 Å². The Labute approximate surface area is 399 Å². The third-order valence-corrected chi connectivity index (χ3v) is 14.8. The summed E-state index contributed by atoms with van der Waals surface area (Å²) in [6, 6.07) is 0. The molecule has 1 aliphatic heterocycles. The van der Waals surface area contributed by atoms with Crippen LogP contribution in [0.3, 0.4) is 0 Å². The molecule has 3 heterocycles. The SMILES string of the molecule is CCCCCCCCCCCCCCCC(O)CC(=O)SCCNC(=O)CCNC(=O)[C@H](O)C(C)(C)COP(=O)(O)OP(=O)(O)OC[C@H]1O[C@@H](n2cnc3c(N)ncnc32)C(O)[C@H]1OP(=O)(O)O. The molecule has 2 aromatic heterocycles. The molecule has 0 saturated carbocycles. The van der Waals surface area contributed by atoms with Crippen LogP contribution in [0.25, 0.3) is 11.2 Å². The Morgan fingerprint density at radius 1 is 0.882 bits per heavy atom. The summed E-state index contributed by atoms with van der Waals surface area (Å²) in [5.74, 6) is -1.21. The van der Waals surface area contributed by atoms with E-state index in [2.05, 4.69) is 41.3 Å². The summed E-state index contributed by atoms with van der Waals surface area (Å²) in [6.07, 6.45) is 8.81. The third-order valence-electron chi connectivity index (χ3n) is 10.8. The highest BCUT2D eigenvalue weighted by Gasteiger charge is 2.50. The lowest BCUT2D eigenvalue weighted by Gasteiger charge is -2.30. The van der Waals surface area contributed by atoms with Crippen LogP contribution >= 0.6 is 35.2 Å². The predicted molar refractivity (Wildman–Crippen MR) is 248 cm³/mol. The summed E-state index contributed by atoms with van der Waals surface area (Å²) in [4.78, 5) is 88.4. The molecule has 11 N–H and O–H groups in total. The van der Waals surface area contributed by atoms with E-state index in [1.54, 1.807) is 0 Å². The van der Waals surface area contributed by atoms with E-state index in [9.17, 15) is 63.0 Å². The van der Waals surface area contributed by atoms with Crippen molar-refractivity contribution in [3.05, 3.63) is 12.7 Å². The number of ether oxygens (including phenoxy) is 1. The van der Waals surface area contributed by atoms with Crippen molar-refractivity contribution in [2.75, 3.05) is 37.8 Å². The molecule has 0 aromatic carbocycles. The van der Waals surface area contributed by atoms with Crippen molar-refractivity contribution < 1.29 is 85.6 Å². The molecule has 4 unspecified atom stereocenters. The molecule has 68 heavy (non-hydrogen) atoms. The van der Waals surface area contributed by atoms with Crippen LogP contribution in [0.1, 0.15) is 130 Å². The topological polar surface area (TPSA) is 384 Å². The summed E-state index contributed by atoms with van der Waals surface area (Å²) in [6.45, 7) is 2.63. The molecule has 0 radical (unpaired) electrons. The number of nitrogens with two attached hydrogens (primary N) is 1. The lowest BCUT2D eigenvalue weighted by atomic mass is 9.87. The number of hydrogen-bond donors (Lipinski definition) is 10. The number of thioether (sulfide) groups is 1. The maximum atomic E-state index is 12.7. The van der Waals surface area contributed by atoms with Gasteiger partial charge < -0.3 is 56.0 Å². The number of rotatable bonds is 35. The summed E-state index contributed by atoms with van der Waals surface area (Å²) >= 11 is 1.00. The van der Waals surface area contributed by atoms with E-state index in [1.165, 1.54) is 78.1 Å². The monoisotopic (exact) mass is 1050 g/mol. The first-order valence-corrected chi connectivity index (χ1v) is 28.2. The fraction of sp³-hybridized carbons (Fsp3) is 0.795. The number of fused-ring (bicyclic) bond motifs is 1. The van der Waals surface area contributed by atoms with Gasteiger partial charge in [-0.3, -0.25) is 32.5 Å². The minimum absolute atomic E-state index is 0.0265. The van der Waals surface area contributed by atoms with E-state index in [-0.39, 0.29) is 53.8 Å². The fourth-order valence-electron chi connectivity index (χ4n) is 7.05. The van der Waals surface area contributed by atoms with Crippen molar-refractivity contribution in [1.82, 2.24) is 30.2 Å². The molecule has 0 spiro atoms. The Morgan fingerprint density at radius 2 is 1.49 bits per heavy atom. The lowest BCUT2D eigenvalue weighted by Crippen LogP contribution is -2.46. The number of phosphoric acid groups is 3. The van der Waals surface area contributed by atoms with Crippen molar-refractivity contribution >= 4 is 69.1 Å². The van der Waals surface area contributed by atoms with Crippen molar-refractivity contribution in [3.63, 3.8) is 0 Å². The fourth-order valence-corrected chi connectivity index (χ4v) is 10.6. The smallest absolute Gasteiger partial charge is 0.393 e. The molecule has 2 aromatic rings. The zero-order valence-corrected chi connectivity index (χ0v) is 42.2. The largest absolute Gasteiger partial charge is 0.481 e. The quantitative estimate of drug-likeness (QED) is 0.0346. The molecule has 1 aliphatic rings. The number of carbonyl (C=O) groups is 3. The van der Waals surface area contributed by atoms with E-state index in [0.29, 0.717) is 6.42 Å². The Hall–Kier alpha value is -2.48. The van der Waals surface area contributed by atoms with Gasteiger partial charge in [0.25, 0.3) is 0 Å². The number of hydrogen-bond acceptors (Lipinski definition) is 19. The number of carbonyl (C=O) groups excluding carboxylic acids is 3. The first-order chi connectivity index (χ1) is 31.9. The Balaban J connectivity index is 1.31. The van der Waals surface area contributed by atoms with Gasteiger partial charge in [-0.2, -0.15) is 4.31 Å². The van der Waals surface area contributed by atoms with Crippen LogP contribution in [0.15, 0.2) is 12.7 Å². The van der Waals surface area contributed by atoms with E-state index >= 15 is 0 Å². The van der Waals surface area contributed by atoms with Gasteiger partial charge in [0.1, 0.15) is 36.3 Å². The van der Waals surface area contributed by atoms with Gasteiger partial charge in [0.2, 0.25) is 11.8 Å². The highest BCUT2D eigenvalue weighted by molar-refractivity contribution is 8.13. The Bertz CT molecular complexity index is 2030. The number of imidazole rings is 1. The zero-order chi connectivity index (χ0) is 50.5. The molecule has 29 heteroatoms. The number of phosphoric ester groups is 3. The number of aromatic nitrogens is 4. The number of anilines is 1. The van der Waals surface area contributed by atoms with Gasteiger partial charge in [-0.25, -0.2) is 28.6 Å². The summed E-state index contributed by atoms with van der Waals surface area (Å²) in [5.41, 5.74) is 4.26. The lowest BCUT2D eigenvalue weighted by molar-refractivity contribution is -0.137. The highest BCUT2D eigenvalue weighted by Crippen LogP contribution is 2.61. The van der Waals surface area contributed by atoms with Crippen molar-refractivity contribution in [3.8, 4) is 0 Å². The van der Waals surface area contributed by atoms with Crippen LogP contribution in [0.4, 0.5) is 5.82 Å². The predicted octanol–water partition coefficient (Wildman–Crippen LogP) is 3.90. The highest BCUT2D eigenvalue weighted by atomic mass is 32.2. The van der Waals surface area contributed by atoms with Gasteiger partial charge in [0, 0.05) is 37.1 Å². The van der Waals surface area contributed by atoms with E-state index < -0.39 is 90.7 Å². The minimum Gasteiger partial charge on any atom is -0.393 e. The number of unbranched alkanes of at least 4 members (excludes halogenated alkanes) is 12. The first kappa shape index (κ1) is 59.8. The zero-order valence-electron chi connectivity index (χ0n) is 38.7. The molecular formula is C39H70N7O18P3S. The molecule has 390 valence electrons. The molecule has 2 amide bonds. The van der Waals surface area contributed by atoms with Gasteiger partial charge >= 0.3 is 23.5 Å². The summed E-state index contributed by atoms with van der Waals surface area (Å²) in [5, 5.41) is 36.6. The number of nitrogens with one attached hydrogen (secondary N) is 2. The van der Waals surface area contributed by atoms with Gasteiger partial charge in [0.05, 0.1) is 25.6 Å². The molecule has 0 aliphatic carbocycles. The van der Waals surface area contributed by atoms with Crippen LogP contribution in [-0.2, 0) is 50.7 Å². The number of nitrogens with zero attached hydrogens (tertiary/aromatic N) is 4. The molecule has 8 atom stereocenters. The molecular weight excluding hydrogens is 979 g/mol. The van der Waals surface area contributed by atoms with Crippen LogP contribution < -0.4 is 16.4 Å². The first-order valence-electron chi connectivity index (χ1n) is 22.7. The van der Waals surface area contributed by atoms with Crippen molar-refractivity contribution in [2.45, 2.75) is 160 Å². The van der Waals surface area contributed by atoms with Gasteiger partial charge in [0.15, 0.2) is 22.8 Å². The van der Waals surface area contributed by atoms with Crippen LogP contribution in [-0.4, -0.2) is 134 Å². The number of aliphatic hydroxyl groups excluding tert-OH is 3. The average Bonchev–Trinajstić information content (AvgIpc) is 3.82. The molecule has 1 saturated heterocycles.